The quantitative estimate of drug-likeness (QED) is 0.352. The lowest BCUT2D eigenvalue weighted by molar-refractivity contribution is 0.629. The van der Waals surface area contributed by atoms with Crippen LogP contribution in [0.15, 0.2) is 46.9 Å². The van der Waals surface area contributed by atoms with Crippen LogP contribution in [0.2, 0.25) is 0 Å². The van der Waals surface area contributed by atoms with Gasteiger partial charge < -0.3 is 9.32 Å². The van der Waals surface area contributed by atoms with Crippen LogP contribution in [0.25, 0.3) is 33.4 Å². The van der Waals surface area contributed by atoms with Crippen molar-refractivity contribution in [2.45, 2.75) is 41.5 Å². The van der Waals surface area contributed by atoms with Crippen molar-refractivity contribution >= 4 is 16.7 Å². The molecule has 1 heterocycles. The van der Waals surface area contributed by atoms with Gasteiger partial charge in [0, 0.05) is 36.3 Å². The molecular weight excluding hydrogens is 366 g/mol. The third kappa shape index (κ3) is 3.21. The molecule has 30 heavy (non-hydrogen) atoms. The van der Waals surface area contributed by atoms with Crippen molar-refractivity contribution in [1.29, 1.82) is 0 Å². The summed E-state index contributed by atoms with van der Waals surface area (Å²) in [6, 6.07) is 15.5. The molecule has 0 amide bonds. The molecule has 0 fully saturated rings. The van der Waals surface area contributed by atoms with E-state index in [0.717, 1.165) is 16.9 Å². The number of hydrogen-bond acceptors (Lipinski definition) is 2. The number of nitrogens with zero attached hydrogens (tertiary/aromatic N) is 1. The lowest BCUT2D eigenvalue weighted by Gasteiger charge is -2.15. The van der Waals surface area contributed by atoms with Crippen molar-refractivity contribution < 1.29 is 4.42 Å². The summed E-state index contributed by atoms with van der Waals surface area (Å²) in [4.78, 5) is 2.12. The Morgan fingerprint density at radius 2 is 1.27 bits per heavy atom. The number of rotatable bonds is 3. The number of benzene rings is 3. The molecule has 0 saturated carbocycles. The highest BCUT2D eigenvalue weighted by Crippen LogP contribution is 2.46. The van der Waals surface area contributed by atoms with Gasteiger partial charge in [0.25, 0.3) is 0 Å². The van der Waals surface area contributed by atoms with Gasteiger partial charge in [0.1, 0.15) is 11.3 Å². The van der Waals surface area contributed by atoms with Crippen molar-refractivity contribution in [3.8, 4) is 22.5 Å². The molecule has 4 aromatic rings. The van der Waals surface area contributed by atoms with Gasteiger partial charge in [0.05, 0.1) is 0 Å². The third-order valence-electron chi connectivity index (χ3n) is 6.24. The van der Waals surface area contributed by atoms with Crippen molar-refractivity contribution in [2.24, 2.45) is 0 Å². The minimum atomic E-state index is 0.960. The van der Waals surface area contributed by atoms with Gasteiger partial charge in [0.2, 0.25) is 0 Å². The average Bonchev–Trinajstić information content (AvgIpc) is 3.06. The molecule has 3 aromatic carbocycles. The van der Waals surface area contributed by atoms with Crippen LogP contribution in [-0.2, 0) is 0 Å². The van der Waals surface area contributed by atoms with Crippen molar-refractivity contribution in [3.05, 3.63) is 75.8 Å². The molecule has 0 bridgehead atoms. The fraction of sp³-hybridized carbons (Fsp3) is 0.286. The van der Waals surface area contributed by atoms with E-state index in [4.69, 9.17) is 4.42 Å². The van der Waals surface area contributed by atoms with Gasteiger partial charge in [-0.15, -0.1) is 0 Å². The van der Waals surface area contributed by atoms with Crippen LogP contribution >= 0.6 is 0 Å². The topological polar surface area (TPSA) is 16.4 Å². The second-order valence-corrected chi connectivity index (χ2v) is 8.86. The normalized spacial score (nSPS) is 11.3. The molecule has 0 saturated heterocycles. The van der Waals surface area contributed by atoms with E-state index in [1.807, 2.05) is 0 Å². The van der Waals surface area contributed by atoms with Gasteiger partial charge in [-0.3, -0.25) is 0 Å². The zero-order valence-corrected chi connectivity index (χ0v) is 19.4. The first kappa shape index (κ1) is 20.3. The Bertz CT molecular complexity index is 1230. The Hall–Kier alpha value is -3.00. The number of hydrogen-bond donors (Lipinski definition) is 0. The van der Waals surface area contributed by atoms with E-state index >= 15 is 0 Å². The maximum Gasteiger partial charge on any atom is 0.143 e. The zero-order valence-electron chi connectivity index (χ0n) is 19.4. The molecule has 0 atom stereocenters. The Morgan fingerprint density at radius 3 is 1.83 bits per heavy atom. The standard InChI is InChI=1S/C28H31NO/c1-16-13-18(3)24(19(4)14-16)26-25-20(5)15-17(2)21(6)27(25)30-28(26)22-9-11-23(12-10-22)29(7)8/h9-15H,1-8H3. The molecule has 154 valence electrons. The second kappa shape index (κ2) is 7.36. The van der Waals surface area contributed by atoms with Crippen LogP contribution in [0.5, 0.6) is 0 Å². The zero-order chi connectivity index (χ0) is 21.7. The van der Waals surface area contributed by atoms with E-state index in [-0.39, 0.29) is 0 Å². The molecule has 2 nitrogen and oxygen atoms in total. The first-order valence-corrected chi connectivity index (χ1v) is 10.6. The van der Waals surface area contributed by atoms with Crippen LogP contribution in [0.1, 0.15) is 33.4 Å². The van der Waals surface area contributed by atoms with Crippen LogP contribution in [0.3, 0.4) is 0 Å². The second-order valence-electron chi connectivity index (χ2n) is 8.86. The highest BCUT2D eigenvalue weighted by Gasteiger charge is 2.23. The maximum absolute atomic E-state index is 6.66. The van der Waals surface area contributed by atoms with Gasteiger partial charge in [0.15, 0.2) is 0 Å². The summed E-state index contributed by atoms with van der Waals surface area (Å²) in [7, 11) is 4.13. The molecule has 0 unspecified atom stereocenters. The Morgan fingerprint density at radius 1 is 0.667 bits per heavy atom. The van der Waals surface area contributed by atoms with Gasteiger partial charge in [-0.25, -0.2) is 0 Å². The predicted molar refractivity (Wildman–Crippen MR) is 130 cm³/mol. The Kier molecular flexibility index (Phi) is 4.97. The highest BCUT2D eigenvalue weighted by molar-refractivity contribution is 6.06. The summed E-state index contributed by atoms with van der Waals surface area (Å²) in [6.45, 7) is 13.1. The first-order valence-electron chi connectivity index (χ1n) is 10.6. The summed E-state index contributed by atoms with van der Waals surface area (Å²) < 4.78 is 6.66. The van der Waals surface area contributed by atoms with E-state index in [9.17, 15) is 0 Å². The SMILES string of the molecule is Cc1cc(C)c(-c2c(-c3ccc(N(C)C)cc3)oc3c(C)c(C)cc(C)c23)c(C)c1. The molecule has 1 aromatic heterocycles. The molecule has 0 aliphatic carbocycles. The highest BCUT2D eigenvalue weighted by atomic mass is 16.3. The number of fused-ring (bicyclic) bond motifs is 1. The third-order valence-corrected chi connectivity index (χ3v) is 6.24. The van der Waals surface area contributed by atoms with E-state index in [2.05, 4.69) is 103 Å². The number of anilines is 1. The van der Waals surface area contributed by atoms with Crippen molar-refractivity contribution in [1.82, 2.24) is 0 Å². The monoisotopic (exact) mass is 397 g/mol. The molecule has 0 radical (unpaired) electrons. The minimum Gasteiger partial charge on any atom is -0.455 e. The van der Waals surface area contributed by atoms with Crippen LogP contribution in [0, 0.1) is 41.5 Å². The van der Waals surface area contributed by atoms with Crippen LogP contribution < -0.4 is 4.90 Å². The molecule has 0 N–H and O–H groups in total. The molecule has 0 aliphatic heterocycles. The fourth-order valence-corrected chi connectivity index (χ4v) is 4.68. The smallest absolute Gasteiger partial charge is 0.143 e. The molecule has 4 rings (SSSR count). The number of furan rings is 1. The predicted octanol–water partition coefficient (Wildman–Crippen LogP) is 7.68. The molecular formula is C28H31NO. The van der Waals surface area contributed by atoms with Gasteiger partial charge in [-0.05, 0) is 99.2 Å². The van der Waals surface area contributed by atoms with Crippen molar-refractivity contribution in [3.63, 3.8) is 0 Å². The van der Waals surface area contributed by atoms with Crippen molar-refractivity contribution in [2.75, 3.05) is 19.0 Å². The van der Waals surface area contributed by atoms with Gasteiger partial charge in [-0.2, -0.15) is 0 Å². The fourth-order valence-electron chi connectivity index (χ4n) is 4.68. The Balaban J connectivity index is 2.12. The average molecular weight is 398 g/mol. The minimum absolute atomic E-state index is 0.960. The summed E-state index contributed by atoms with van der Waals surface area (Å²) in [5.41, 5.74) is 13.4. The van der Waals surface area contributed by atoms with Crippen LogP contribution in [0.4, 0.5) is 5.69 Å². The summed E-state index contributed by atoms with van der Waals surface area (Å²) in [5.74, 6) is 0.960. The van der Waals surface area contributed by atoms with E-state index in [1.54, 1.807) is 0 Å². The summed E-state index contributed by atoms with van der Waals surface area (Å²) in [5, 5.41) is 1.24. The van der Waals surface area contributed by atoms with E-state index < -0.39 is 0 Å². The Labute approximate surface area is 180 Å². The lowest BCUT2D eigenvalue weighted by Crippen LogP contribution is -2.07. The molecule has 0 aliphatic rings. The largest absolute Gasteiger partial charge is 0.455 e. The van der Waals surface area contributed by atoms with Crippen LogP contribution in [-0.4, -0.2) is 14.1 Å². The van der Waals surface area contributed by atoms with Gasteiger partial charge in [-0.1, -0.05) is 23.8 Å². The van der Waals surface area contributed by atoms with E-state index in [0.29, 0.717) is 0 Å². The molecule has 0 spiro atoms. The molecule has 2 heteroatoms. The number of aryl methyl sites for hydroxylation is 6. The maximum atomic E-state index is 6.66. The van der Waals surface area contributed by atoms with Gasteiger partial charge >= 0.3 is 0 Å². The van der Waals surface area contributed by atoms with E-state index in [1.165, 1.54) is 55.6 Å². The lowest BCUT2D eigenvalue weighted by atomic mass is 9.88. The first-order chi connectivity index (χ1) is 14.2. The summed E-state index contributed by atoms with van der Waals surface area (Å²) >= 11 is 0. The summed E-state index contributed by atoms with van der Waals surface area (Å²) in [6.07, 6.45) is 0.